The Labute approximate surface area is 116 Å². The van der Waals surface area contributed by atoms with Crippen molar-refractivity contribution >= 4 is 5.91 Å². The van der Waals surface area contributed by atoms with Gasteiger partial charge in [-0.25, -0.2) is 0 Å². The van der Waals surface area contributed by atoms with Gasteiger partial charge in [0.25, 0.3) is 0 Å². The van der Waals surface area contributed by atoms with Gasteiger partial charge in [-0.2, -0.15) is 0 Å². The van der Waals surface area contributed by atoms with Crippen LogP contribution in [-0.2, 0) is 11.3 Å². The Morgan fingerprint density at radius 2 is 2.11 bits per heavy atom. The third-order valence-electron chi connectivity index (χ3n) is 3.78. The van der Waals surface area contributed by atoms with Crippen LogP contribution in [-0.4, -0.2) is 29.9 Å². The highest BCUT2D eigenvalue weighted by Crippen LogP contribution is 2.13. The van der Waals surface area contributed by atoms with E-state index in [4.69, 9.17) is 0 Å². The topological polar surface area (TPSA) is 32.3 Å². The van der Waals surface area contributed by atoms with E-state index in [1.807, 2.05) is 23.1 Å². The van der Waals surface area contributed by atoms with E-state index in [0.29, 0.717) is 12.5 Å². The Morgan fingerprint density at radius 1 is 1.32 bits per heavy atom. The lowest BCUT2D eigenvalue weighted by atomic mass is 10.0. The molecule has 19 heavy (non-hydrogen) atoms. The highest BCUT2D eigenvalue weighted by Gasteiger charge is 2.19. The monoisotopic (exact) mass is 260 g/mol. The van der Waals surface area contributed by atoms with Crippen molar-refractivity contribution in [1.29, 1.82) is 0 Å². The summed E-state index contributed by atoms with van der Waals surface area (Å²) in [5.41, 5.74) is 1.20. The molecule has 0 radical (unpaired) electrons. The number of hydrogen-bond donors (Lipinski definition) is 1. The molecule has 1 aromatic rings. The standard InChI is InChI=1S/C16H24N2O/c1-2-18(13-14-8-4-3-5-9-14)16(19)12-15-10-6-7-11-17-15/h3-5,8-9,15,17H,2,6-7,10-13H2,1H3. The van der Waals surface area contributed by atoms with Crippen LogP contribution < -0.4 is 5.32 Å². The fraction of sp³-hybridized carbons (Fsp3) is 0.562. The summed E-state index contributed by atoms with van der Waals surface area (Å²) in [6, 6.07) is 10.6. The molecule has 1 amide bonds. The molecule has 0 aromatic heterocycles. The van der Waals surface area contributed by atoms with Crippen molar-refractivity contribution in [3.8, 4) is 0 Å². The molecule has 3 heteroatoms. The van der Waals surface area contributed by atoms with Crippen molar-refractivity contribution in [2.45, 2.75) is 45.2 Å². The fourth-order valence-corrected chi connectivity index (χ4v) is 2.62. The van der Waals surface area contributed by atoms with Crippen LogP contribution in [0.15, 0.2) is 30.3 Å². The van der Waals surface area contributed by atoms with Gasteiger partial charge < -0.3 is 10.2 Å². The lowest BCUT2D eigenvalue weighted by Gasteiger charge is -2.27. The van der Waals surface area contributed by atoms with Crippen molar-refractivity contribution in [3.63, 3.8) is 0 Å². The minimum absolute atomic E-state index is 0.269. The summed E-state index contributed by atoms with van der Waals surface area (Å²) in [5.74, 6) is 0.269. The van der Waals surface area contributed by atoms with Gasteiger partial charge in [0.2, 0.25) is 5.91 Å². The third-order valence-corrected chi connectivity index (χ3v) is 3.78. The summed E-state index contributed by atoms with van der Waals surface area (Å²) in [6.07, 6.45) is 4.26. The number of carbonyl (C=O) groups excluding carboxylic acids is 1. The van der Waals surface area contributed by atoms with Gasteiger partial charge in [-0.3, -0.25) is 4.79 Å². The van der Waals surface area contributed by atoms with E-state index in [0.717, 1.165) is 26.1 Å². The van der Waals surface area contributed by atoms with Crippen LogP contribution in [0.4, 0.5) is 0 Å². The van der Waals surface area contributed by atoms with Gasteiger partial charge in [-0.05, 0) is 31.9 Å². The molecule has 3 nitrogen and oxygen atoms in total. The SMILES string of the molecule is CCN(Cc1ccccc1)C(=O)CC1CCCCN1. The Balaban J connectivity index is 1.87. The molecule has 1 heterocycles. The normalized spacial score (nSPS) is 19.1. The van der Waals surface area contributed by atoms with Gasteiger partial charge in [0, 0.05) is 25.6 Å². The molecular weight excluding hydrogens is 236 g/mol. The van der Waals surface area contributed by atoms with Crippen LogP contribution in [0.1, 0.15) is 38.2 Å². The maximum Gasteiger partial charge on any atom is 0.224 e. The van der Waals surface area contributed by atoms with Crippen molar-refractivity contribution < 1.29 is 4.79 Å². The number of amides is 1. The van der Waals surface area contributed by atoms with E-state index in [-0.39, 0.29) is 5.91 Å². The summed E-state index contributed by atoms with van der Waals surface area (Å²) >= 11 is 0. The van der Waals surface area contributed by atoms with E-state index >= 15 is 0 Å². The lowest BCUT2D eigenvalue weighted by molar-refractivity contribution is -0.132. The first-order valence-electron chi connectivity index (χ1n) is 7.34. The Hall–Kier alpha value is -1.35. The van der Waals surface area contributed by atoms with Gasteiger partial charge >= 0.3 is 0 Å². The van der Waals surface area contributed by atoms with Crippen LogP contribution in [0.3, 0.4) is 0 Å². The largest absolute Gasteiger partial charge is 0.339 e. The molecule has 1 unspecified atom stereocenters. The second-order valence-electron chi connectivity index (χ2n) is 5.24. The van der Waals surface area contributed by atoms with Crippen LogP contribution in [0.2, 0.25) is 0 Å². The van der Waals surface area contributed by atoms with Crippen molar-refractivity contribution in [2.24, 2.45) is 0 Å². The number of nitrogens with one attached hydrogen (secondary N) is 1. The summed E-state index contributed by atoms with van der Waals surface area (Å²) < 4.78 is 0. The quantitative estimate of drug-likeness (QED) is 0.882. The van der Waals surface area contributed by atoms with Crippen LogP contribution >= 0.6 is 0 Å². The lowest BCUT2D eigenvalue weighted by Crippen LogP contribution is -2.40. The number of nitrogens with zero attached hydrogens (tertiary/aromatic N) is 1. The van der Waals surface area contributed by atoms with E-state index in [2.05, 4.69) is 24.4 Å². The fourth-order valence-electron chi connectivity index (χ4n) is 2.62. The van der Waals surface area contributed by atoms with Gasteiger partial charge in [-0.1, -0.05) is 36.8 Å². The van der Waals surface area contributed by atoms with E-state index in [9.17, 15) is 4.79 Å². The summed E-state index contributed by atoms with van der Waals surface area (Å²) in [4.78, 5) is 14.3. The zero-order chi connectivity index (χ0) is 13.5. The van der Waals surface area contributed by atoms with E-state index in [1.54, 1.807) is 0 Å². The second kappa shape index (κ2) is 7.29. The molecule has 0 spiro atoms. The van der Waals surface area contributed by atoms with Crippen LogP contribution in [0.25, 0.3) is 0 Å². The Kier molecular flexibility index (Phi) is 5.40. The molecule has 104 valence electrons. The van der Waals surface area contributed by atoms with Gasteiger partial charge in [-0.15, -0.1) is 0 Å². The predicted molar refractivity (Wildman–Crippen MR) is 77.8 cm³/mol. The molecule has 0 aliphatic carbocycles. The average molecular weight is 260 g/mol. The first-order chi connectivity index (χ1) is 9.29. The maximum atomic E-state index is 12.3. The highest BCUT2D eigenvalue weighted by atomic mass is 16.2. The number of rotatable bonds is 5. The summed E-state index contributed by atoms with van der Waals surface area (Å²) in [5, 5.41) is 3.45. The zero-order valence-corrected chi connectivity index (χ0v) is 11.8. The third kappa shape index (κ3) is 4.35. The minimum Gasteiger partial charge on any atom is -0.339 e. The van der Waals surface area contributed by atoms with Gasteiger partial charge in [0.05, 0.1) is 0 Å². The Bertz CT molecular complexity index is 385. The van der Waals surface area contributed by atoms with Crippen LogP contribution in [0.5, 0.6) is 0 Å². The molecule has 0 saturated carbocycles. The number of benzene rings is 1. The molecule has 1 atom stereocenters. The molecule has 0 bridgehead atoms. The number of piperidine rings is 1. The second-order valence-corrected chi connectivity index (χ2v) is 5.24. The zero-order valence-electron chi connectivity index (χ0n) is 11.8. The average Bonchev–Trinajstić information content (AvgIpc) is 2.47. The Morgan fingerprint density at radius 3 is 2.74 bits per heavy atom. The summed E-state index contributed by atoms with van der Waals surface area (Å²) in [6.45, 7) is 4.61. The molecule has 1 aliphatic heterocycles. The van der Waals surface area contributed by atoms with E-state index < -0.39 is 0 Å². The number of hydrogen-bond acceptors (Lipinski definition) is 2. The molecule has 1 saturated heterocycles. The maximum absolute atomic E-state index is 12.3. The smallest absolute Gasteiger partial charge is 0.224 e. The molecular formula is C16H24N2O. The highest BCUT2D eigenvalue weighted by molar-refractivity contribution is 5.76. The first kappa shape index (κ1) is 14.1. The van der Waals surface area contributed by atoms with E-state index in [1.165, 1.54) is 18.4 Å². The van der Waals surface area contributed by atoms with Gasteiger partial charge in [0.1, 0.15) is 0 Å². The molecule has 1 N–H and O–H groups in total. The molecule has 1 aromatic carbocycles. The van der Waals surface area contributed by atoms with Gasteiger partial charge in [0.15, 0.2) is 0 Å². The first-order valence-corrected chi connectivity index (χ1v) is 7.34. The van der Waals surface area contributed by atoms with Crippen LogP contribution in [0, 0.1) is 0 Å². The molecule has 1 fully saturated rings. The predicted octanol–water partition coefficient (Wildman–Crippen LogP) is 2.57. The minimum atomic E-state index is 0.269. The molecule has 1 aliphatic rings. The van der Waals surface area contributed by atoms with Crippen molar-refractivity contribution in [3.05, 3.63) is 35.9 Å². The van der Waals surface area contributed by atoms with Crippen molar-refractivity contribution in [1.82, 2.24) is 10.2 Å². The molecule has 2 rings (SSSR count). The van der Waals surface area contributed by atoms with Crippen molar-refractivity contribution in [2.75, 3.05) is 13.1 Å². The summed E-state index contributed by atoms with van der Waals surface area (Å²) in [7, 11) is 0. The number of carbonyl (C=O) groups is 1.